The van der Waals surface area contributed by atoms with Crippen molar-refractivity contribution in [3.05, 3.63) is 16.1 Å². The topological polar surface area (TPSA) is 86.5 Å². The minimum Gasteiger partial charge on any atom is -0.397 e. The summed E-state index contributed by atoms with van der Waals surface area (Å²) in [6.45, 7) is 0.422. The van der Waals surface area contributed by atoms with Gasteiger partial charge in [-0.3, -0.25) is 0 Å². The second-order valence-corrected chi connectivity index (χ2v) is 2.93. The average Bonchev–Trinajstić information content (AvgIpc) is 2.52. The molecule has 0 aliphatic carbocycles. The van der Waals surface area contributed by atoms with Gasteiger partial charge in [-0.15, -0.1) is 11.3 Å². The van der Waals surface area contributed by atoms with Crippen LogP contribution in [-0.2, 0) is 11.4 Å². The van der Waals surface area contributed by atoms with E-state index in [1.807, 2.05) is 0 Å². The molecule has 0 unspecified atom stereocenters. The third-order valence-electron chi connectivity index (χ3n) is 1.18. The summed E-state index contributed by atoms with van der Waals surface area (Å²) in [4.78, 5) is 8.60. The van der Waals surface area contributed by atoms with Gasteiger partial charge in [-0.1, -0.05) is 5.16 Å². The molecule has 5 nitrogen and oxygen atoms in total. The first-order chi connectivity index (χ1) is 5.77. The number of hydrogen-bond donors (Lipinski definition) is 2. The highest BCUT2D eigenvalue weighted by atomic mass is 32.1. The molecule has 1 rings (SSSR count). The van der Waals surface area contributed by atoms with Crippen LogP contribution in [0, 0.1) is 0 Å². The van der Waals surface area contributed by atoms with Crippen molar-refractivity contribution in [2.45, 2.75) is 6.54 Å². The summed E-state index contributed by atoms with van der Waals surface area (Å²) in [6, 6.07) is 0. The number of amidine groups is 1. The molecule has 0 amide bonds. The monoisotopic (exact) mass is 186 g/mol. The van der Waals surface area contributed by atoms with Crippen LogP contribution in [0.15, 0.2) is 10.5 Å². The van der Waals surface area contributed by atoms with E-state index < -0.39 is 0 Å². The highest BCUT2D eigenvalue weighted by Crippen LogP contribution is 2.08. The summed E-state index contributed by atoms with van der Waals surface area (Å²) in [5.41, 5.74) is 11.5. The maximum absolute atomic E-state index is 5.50. The van der Waals surface area contributed by atoms with Crippen molar-refractivity contribution in [2.75, 3.05) is 7.11 Å². The summed E-state index contributed by atoms with van der Waals surface area (Å²) in [6.07, 6.45) is 0. The molecule has 0 atom stereocenters. The fourth-order valence-electron chi connectivity index (χ4n) is 0.667. The van der Waals surface area contributed by atoms with Gasteiger partial charge in [0.05, 0.1) is 0 Å². The molecule has 12 heavy (non-hydrogen) atoms. The number of nitrogens with two attached hydrogens (primary N) is 2. The van der Waals surface area contributed by atoms with Crippen molar-refractivity contribution in [1.29, 1.82) is 0 Å². The van der Waals surface area contributed by atoms with Crippen LogP contribution in [-0.4, -0.2) is 17.9 Å². The second kappa shape index (κ2) is 4.03. The lowest BCUT2D eigenvalue weighted by Crippen LogP contribution is -2.14. The average molecular weight is 186 g/mol. The molecule has 66 valence electrons. The van der Waals surface area contributed by atoms with Gasteiger partial charge < -0.3 is 16.3 Å². The maximum Gasteiger partial charge on any atom is 0.189 e. The smallest absolute Gasteiger partial charge is 0.189 e. The zero-order valence-electron chi connectivity index (χ0n) is 6.65. The van der Waals surface area contributed by atoms with Crippen molar-refractivity contribution in [1.82, 2.24) is 4.98 Å². The molecule has 6 heteroatoms. The lowest BCUT2D eigenvalue weighted by Gasteiger charge is -1.92. The Morgan fingerprint density at radius 3 is 3.08 bits per heavy atom. The summed E-state index contributed by atoms with van der Waals surface area (Å²) >= 11 is 1.45. The van der Waals surface area contributed by atoms with Crippen LogP contribution in [0.4, 0.5) is 0 Å². The van der Waals surface area contributed by atoms with E-state index in [1.165, 1.54) is 18.4 Å². The van der Waals surface area contributed by atoms with E-state index in [4.69, 9.17) is 11.5 Å². The number of nitrogens with zero attached hydrogens (tertiary/aromatic N) is 2. The van der Waals surface area contributed by atoms with Crippen molar-refractivity contribution in [2.24, 2.45) is 16.6 Å². The molecule has 0 aliphatic heterocycles. The molecular formula is C6H10N4OS. The van der Waals surface area contributed by atoms with Crippen LogP contribution in [0.5, 0.6) is 0 Å². The van der Waals surface area contributed by atoms with E-state index in [1.54, 1.807) is 5.38 Å². The van der Waals surface area contributed by atoms with Crippen LogP contribution >= 0.6 is 11.3 Å². The first kappa shape index (κ1) is 8.95. The van der Waals surface area contributed by atoms with Gasteiger partial charge in [0.1, 0.15) is 17.8 Å². The Morgan fingerprint density at radius 1 is 1.83 bits per heavy atom. The minimum absolute atomic E-state index is 0.272. The molecule has 0 spiro atoms. The van der Waals surface area contributed by atoms with E-state index in [0.29, 0.717) is 12.2 Å². The molecular weight excluding hydrogens is 176 g/mol. The van der Waals surface area contributed by atoms with Gasteiger partial charge in [0.15, 0.2) is 5.84 Å². The standard InChI is InChI=1S/C6H10N4OS/c1-11-10-6(8)4-3-12-5(2-7)9-4/h3H,2,7H2,1H3,(H2,8,10). The zero-order valence-corrected chi connectivity index (χ0v) is 7.47. The second-order valence-electron chi connectivity index (χ2n) is 1.99. The predicted molar refractivity (Wildman–Crippen MR) is 47.7 cm³/mol. The Morgan fingerprint density at radius 2 is 2.58 bits per heavy atom. The maximum atomic E-state index is 5.50. The molecule has 1 heterocycles. The number of aromatic nitrogens is 1. The van der Waals surface area contributed by atoms with Crippen molar-refractivity contribution in [3.63, 3.8) is 0 Å². The molecule has 0 fully saturated rings. The van der Waals surface area contributed by atoms with Crippen LogP contribution in [0.3, 0.4) is 0 Å². The highest BCUT2D eigenvalue weighted by molar-refractivity contribution is 7.09. The SMILES string of the molecule is CON=C(N)c1csc(CN)n1. The predicted octanol–water partition coefficient (Wildman–Crippen LogP) is -0.131. The molecule has 0 saturated carbocycles. The summed E-state index contributed by atoms with van der Waals surface area (Å²) in [5, 5.41) is 6.16. The fourth-order valence-corrected chi connectivity index (χ4v) is 1.34. The highest BCUT2D eigenvalue weighted by Gasteiger charge is 2.03. The van der Waals surface area contributed by atoms with Gasteiger partial charge in [0, 0.05) is 11.9 Å². The van der Waals surface area contributed by atoms with Crippen LogP contribution in [0.1, 0.15) is 10.7 Å². The molecule has 0 aromatic carbocycles. The molecule has 0 bridgehead atoms. The van der Waals surface area contributed by atoms with Gasteiger partial charge in [-0.25, -0.2) is 4.98 Å². The summed E-state index contributed by atoms with van der Waals surface area (Å²) in [5.74, 6) is 0.272. The number of oxime groups is 1. The lowest BCUT2D eigenvalue weighted by molar-refractivity contribution is 0.213. The molecule has 1 aromatic heterocycles. The van der Waals surface area contributed by atoms with Crippen LogP contribution < -0.4 is 11.5 Å². The lowest BCUT2D eigenvalue weighted by atomic mass is 10.5. The first-order valence-electron chi connectivity index (χ1n) is 3.29. The molecule has 0 saturated heterocycles. The van der Waals surface area contributed by atoms with Crippen LogP contribution in [0.25, 0.3) is 0 Å². The van der Waals surface area contributed by atoms with E-state index in [9.17, 15) is 0 Å². The largest absolute Gasteiger partial charge is 0.397 e. The number of rotatable bonds is 3. The van der Waals surface area contributed by atoms with Crippen molar-refractivity contribution in [3.8, 4) is 0 Å². The van der Waals surface area contributed by atoms with E-state index in [2.05, 4.69) is 15.0 Å². The minimum atomic E-state index is 0.272. The quantitative estimate of drug-likeness (QED) is 0.391. The fraction of sp³-hybridized carbons (Fsp3) is 0.333. The third kappa shape index (κ3) is 1.93. The first-order valence-corrected chi connectivity index (χ1v) is 4.17. The van der Waals surface area contributed by atoms with Crippen LogP contribution in [0.2, 0.25) is 0 Å². The summed E-state index contributed by atoms with van der Waals surface area (Å²) < 4.78 is 0. The Kier molecular flexibility index (Phi) is 3.01. The van der Waals surface area contributed by atoms with Gasteiger partial charge in [-0.05, 0) is 0 Å². The van der Waals surface area contributed by atoms with E-state index in [0.717, 1.165) is 5.01 Å². The van der Waals surface area contributed by atoms with E-state index >= 15 is 0 Å². The molecule has 1 aromatic rings. The third-order valence-corrected chi connectivity index (χ3v) is 2.05. The Bertz CT molecular complexity index is 283. The molecule has 0 radical (unpaired) electrons. The number of hydrogen-bond acceptors (Lipinski definition) is 5. The van der Waals surface area contributed by atoms with Gasteiger partial charge >= 0.3 is 0 Å². The summed E-state index contributed by atoms with van der Waals surface area (Å²) in [7, 11) is 1.43. The Labute approximate surface area is 74.0 Å². The van der Waals surface area contributed by atoms with Gasteiger partial charge in [0.25, 0.3) is 0 Å². The Balaban J connectivity index is 2.81. The van der Waals surface area contributed by atoms with Crippen molar-refractivity contribution >= 4 is 17.2 Å². The molecule has 0 aliphatic rings. The Hall–Kier alpha value is -1.14. The molecule has 4 N–H and O–H groups in total. The van der Waals surface area contributed by atoms with Gasteiger partial charge in [-0.2, -0.15) is 0 Å². The number of thiazole rings is 1. The van der Waals surface area contributed by atoms with Gasteiger partial charge in [0.2, 0.25) is 0 Å². The van der Waals surface area contributed by atoms with E-state index in [-0.39, 0.29) is 5.84 Å². The van der Waals surface area contributed by atoms with Crippen molar-refractivity contribution < 1.29 is 4.84 Å². The zero-order chi connectivity index (χ0) is 8.97. The normalized spacial score (nSPS) is 11.7.